The van der Waals surface area contributed by atoms with Crippen LogP contribution < -0.4 is 10.1 Å². The van der Waals surface area contributed by atoms with E-state index in [0.717, 1.165) is 5.75 Å². The van der Waals surface area contributed by atoms with Crippen molar-refractivity contribution in [3.63, 3.8) is 0 Å². The molecule has 5 heteroatoms. The van der Waals surface area contributed by atoms with E-state index < -0.39 is 5.97 Å². The molecule has 0 aliphatic heterocycles. The fraction of sp³-hybridized carbons (Fsp3) is 0.500. The Morgan fingerprint density at radius 3 is 2.29 bits per heavy atom. The van der Waals surface area contributed by atoms with Crippen LogP contribution in [0.1, 0.15) is 50.4 Å². The number of hydrogen-bond acceptors (Lipinski definition) is 3. The monoisotopic (exact) mass is 293 g/mol. The molecular formula is C16H23NO4. The predicted molar refractivity (Wildman–Crippen MR) is 80.6 cm³/mol. The minimum atomic E-state index is -0.809. The summed E-state index contributed by atoms with van der Waals surface area (Å²) in [5, 5.41) is 11.3. The van der Waals surface area contributed by atoms with Gasteiger partial charge in [-0.1, -0.05) is 0 Å². The number of carboxylic acid groups (broad SMARTS) is 1. The fourth-order valence-corrected chi connectivity index (χ4v) is 1.73. The van der Waals surface area contributed by atoms with E-state index in [-0.39, 0.29) is 17.9 Å². The Hall–Kier alpha value is -2.04. The molecule has 1 aromatic carbocycles. The van der Waals surface area contributed by atoms with E-state index >= 15 is 0 Å². The van der Waals surface area contributed by atoms with Gasteiger partial charge in [0.1, 0.15) is 11.4 Å². The normalized spacial score (nSPS) is 11.0. The maximum Gasteiger partial charge on any atom is 0.303 e. The Kier molecular flexibility index (Phi) is 6.21. The first-order valence-electron chi connectivity index (χ1n) is 7.07. The third-order valence-corrected chi connectivity index (χ3v) is 2.64. The molecule has 1 aromatic rings. The smallest absolute Gasteiger partial charge is 0.303 e. The molecule has 5 nitrogen and oxygen atoms in total. The Morgan fingerprint density at radius 2 is 1.76 bits per heavy atom. The first kappa shape index (κ1) is 17.0. The average molecular weight is 293 g/mol. The maximum atomic E-state index is 11.9. The van der Waals surface area contributed by atoms with Gasteiger partial charge in [-0.25, -0.2) is 0 Å². The third kappa shape index (κ3) is 7.34. The second kappa shape index (κ2) is 7.67. The Labute approximate surface area is 125 Å². The quantitative estimate of drug-likeness (QED) is 0.758. The van der Waals surface area contributed by atoms with Crippen molar-refractivity contribution in [3.05, 3.63) is 29.8 Å². The number of rotatable bonds is 7. The first-order chi connectivity index (χ1) is 9.78. The van der Waals surface area contributed by atoms with Crippen LogP contribution in [0.25, 0.3) is 0 Å². The summed E-state index contributed by atoms with van der Waals surface area (Å²) < 4.78 is 5.68. The van der Waals surface area contributed by atoms with Gasteiger partial charge in [0.15, 0.2) is 0 Å². The van der Waals surface area contributed by atoms with Crippen molar-refractivity contribution >= 4 is 11.9 Å². The maximum absolute atomic E-state index is 11.9. The van der Waals surface area contributed by atoms with Gasteiger partial charge in [0.05, 0.1) is 0 Å². The fourth-order valence-electron chi connectivity index (χ4n) is 1.73. The van der Waals surface area contributed by atoms with Gasteiger partial charge in [-0.15, -0.1) is 0 Å². The van der Waals surface area contributed by atoms with Crippen LogP contribution in [0.2, 0.25) is 0 Å². The summed E-state index contributed by atoms with van der Waals surface area (Å²) in [7, 11) is 0. The number of aliphatic carboxylic acids is 1. The van der Waals surface area contributed by atoms with Crippen LogP contribution >= 0.6 is 0 Å². The van der Waals surface area contributed by atoms with E-state index in [2.05, 4.69) is 5.32 Å². The van der Waals surface area contributed by atoms with Crippen molar-refractivity contribution in [2.75, 3.05) is 6.54 Å². The molecule has 21 heavy (non-hydrogen) atoms. The predicted octanol–water partition coefficient (Wildman–Crippen LogP) is 2.85. The summed E-state index contributed by atoms with van der Waals surface area (Å²) in [5.41, 5.74) is 0.294. The third-order valence-electron chi connectivity index (χ3n) is 2.64. The molecule has 116 valence electrons. The molecule has 0 heterocycles. The highest BCUT2D eigenvalue weighted by molar-refractivity contribution is 5.94. The van der Waals surface area contributed by atoms with Crippen molar-refractivity contribution in [3.8, 4) is 5.75 Å². The number of unbranched alkanes of at least 4 members (excludes halogenated alkanes) is 1. The Bertz CT molecular complexity index is 474. The zero-order valence-corrected chi connectivity index (χ0v) is 12.8. The van der Waals surface area contributed by atoms with Gasteiger partial charge in [0.2, 0.25) is 0 Å². The van der Waals surface area contributed by atoms with Crippen LogP contribution in [-0.4, -0.2) is 29.1 Å². The highest BCUT2D eigenvalue weighted by Gasteiger charge is 2.12. The van der Waals surface area contributed by atoms with E-state index in [4.69, 9.17) is 9.84 Å². The number of benzene rings is 1. The summed E-state index contributed by atoms with van der Waals surface area (Å²) in [6, 6.07) is 6.97. The first-order valence-corrected chi connectivity index (χ1v) is 7.07. The minimum Gasteiger partial charge on any atom is -0.488 e. The summed E-state index contributed by atoms with van der Waals surface area (Å²) >= 11 is 0. The summed E-state index contributed by atoms with van der Waals surface area (Å²) in [6.45, 7) is 6.37. The van der Waals surface area contributed by atoms with Crippen LogP contribution in [0.15, 0.2) is 24.3 Å². The number of ether oxygens (including phenoxy) is 1. The van der Waals surface area contributed by atoms with E-state index in [1.165, 1.54) is 0 Å². The van der Waals surface area contributed by atoms with E-state index in [0.29, 0.717) is 24.9 Å². The van der Waals surface area contributed by atoms with Crippen molar-refractivity contribution < 1.29 is 19.4 Å². The topological polar surface area (TPSA) is 75.6 Å². The number of amides is 1. The molecule has 0 radical (unpaired) electrons. The Balaban J connectivity index is 2.39. The van der Waals surface area contributed by atoms with Gasteiger partial charge in [-0.05, 0) is 57.9 Å². The molecule has 0 saturated heterocycles. The highest BCUT2D eigenvalue weighted by Crippen LogP contribution is 2.18. The van der Waals surface area contributed by atoms with Gasteiger partial charge in [-0.3, -0.25) is 9.59 Å². The minimum absolute atomic E-state index is 0.134. The molecule has 0 aliphatic rings. The number of carbonyl (C=O) groups excluding carboxylic acids is 1. The van der Waals surface area contributed by atoms with Crippen LogP contribution in [-0.2, 0) is 4.79 Å². The van der Waals surface area contributed by atoms with Gasteiger partial charge in [0, 0.05) is 18.5 Å². The van der Waals surface area contributed by atoms with Crippen molar-refractivity contribution in [2.24, 2.45) is 0 Å². The van der Waals surface area contributed by atoms with Crippen molar-refractivity contribution in [1.29, 1.82) is 0 Å². The Morgan fingerprint density at radius 1 is 1.14 bits per heavy atom. The summed E-state index contributed by atoms with van der Waals surface area (Å²) in [4.78, 5) is 22.2. The molecule has 0 aliphatic carbocycles. The number of hydrogen-bond donors (Lipinski definition) is 2. The van der Waals surface area contributed by atoms with E-state index in [1.54, 1.807) is 24.3 Å². The van der Waals surface area contributed by atoms with Crippen LogP contribution in [0.4, 0.5) is 0 Å². The molecule has 1 rings (SSSR count). The molecule has 2 N–H and O–H groups in total. The molecule has 0 spiro atoms. The molecule has 0 unspecified atom stereocenters. The molecule has 0 fully saturated rings. The van der Waals surface area contributed by atoms with E-state index in [9.17, 15) is 9.59 Å². The number of carbonyl (C=O) groups is 2. The van der Waals surface area contributed by atoms with Gasteiger partial charge >= 0.3 is 5.97 Å². The largest absolute Gasteiger partial charge is 0.488 e. The lowest BCUT2D eigenvalue weighted by Gasteiger charge is -2.21. The number of carboxylic acids is 1. The van der Waals surface area contributed by atoms with Crippen LogP contribution in [0, 0.1) is 0 Å². The lowest BCUT2D eigenvalue weighted by Crippen LogP contribution is -2.25. The van der Waals surface area contributed by atoms with Crippen LogP contribution in [0.5, 0.6) is 5.75 Å². The van der Waals surface area contributed by atoms with Crippen LogP contribution in [0.3, 0.4) is 0 Å². The van der Waals surface area contributed by atoms with Crippen molar-refractivity contribution in [2.45, 2.75) is 45.6 Å². The summed E-state index contributed by atoms with van der Waals surface area (Å²) in [6.07, 6.45) is 1.35. The second-order valence-corrected chi connectivity index (χ2v) is 5.85. The number of nitrogens with one attached hydrogen (secondary N) is 1. The zero-order valence-electron chi connectivity index (χ0n) is 12.8. The molecule has 0 bridgehead atoms. The summed E-state index contributed by atoms with van der Waals surface area (Å²) in [5.74, 6) is -0.246. The van der Waals surface area contributed by atoms with Gasteiger partial charge in [0.25, 0.3) is 5.91 Å². The average Bonchev–Trinajstić information content (AvgIpc) is 2.36. The lowest BCUT2D eigenvalue weighted by atomic mass is 10.1. The van der Waals surface area contributed by atoms with Gasteiger partial charge in [-0.2, -0.15) is 0 Å². The molecule has 0 saturated carbocycles. The SMILES string of the molecule is CC(C)(C)Oc1ccc(C(=O)NCCCCC(=O)O)cc1. The molecular weight excluding hydrogens is 270 g/mol. The van der Waals surface area contributed by atoms with E-state index in [1.807, 2.05) is 20.8 Å². The van der Waals surface area contributed by atoms with Gasteiger partial charge < -0.3 is 15.2 Å². The van der Waals surface area contributed by atoms with Crippen molar-refractivity contribution in [1.82, 2.24) is 5.32 Å². The second-order valence-electron chi connectivity index (χ2n) is 5.85. The highest BCUT2D eigenvalue weighted by atomic mass is 16.5. The molecule has 1 amide bonds. The zero-order chi connectivity index (χ0) is 15.9. The standard InChI is InChI=1S/C16H23NO4/c1-16(2,3)21-13-9-7-12(8-10-13)15(20)17-11-5-4-6-14(18)19/h7-10H,4-6,11H2,1-3H3,(H,17,20)(H,18,19). The lowest BCUT2D eigenvalue weighted by molar-refractivity contribution is -0.137. The molecule has 0 aromatic heterocycles. The molecule has 0 atom stereocenters.